The summed E-state index contributed by atoms with van der Waals surface area (Å²) in [7, 11) is 0. The van der Waals surface area contributed by atoms with Crippen molar-refractivity contribution in [2.75, 3.05) is 0 Å². The van der Waals surface area contributed by atoms with E-state index in [9.17, 15) is 9.59 Å². The Hall–Kier alpha value is -1.69. The monoisotopic (exact) mass is 263 g/mol. The van der Waals surface area contributed by atoms with Crippen molar-refractivity contribution < 1.29 is 4.79 Å². The van der Waals surface area contributed by atoms with Crippen LogP contribution in [0.1, 0.15) is 28.3 Å². The Morgan fingerprint density at radius 3 is 3.06 bits per heavy atom. The summed E-state index contributed by atoms with van der Waals surface area (Å²) in [5, 5.41) is 6.11. The Balaban J connectivity index is 1.87. The summed E-state index contributed by atoms with van der Waals surface area (Å²) in [5.74, 6) is 0.757. The first-order valence-electron chi connectivity index (χ1n) is 5.99. The number of carbonyl (C=O) groups excluding carboxylic acids is 1. The summed E-state index contributed by atoms with van der Waals surface area (Å²) in [6.45, 7) is 0.765. The predicted molar refractivity (Wildman–Crippen MR) is 68.1 cm³/mol. The minimum atomic E-state index is -0.158. The fraction of sp³-hybridized carbons (Fsp3) is 0.417. The summed E-state index contributed by atoms with van der Waals surface area (Å²) in [6, 6.07) is 3.60. The van der Waals surface area contributed by atoms with Gasteiger partial charge in [0.2, 0.25) is 0 Å². The average Bonchev–Trinajstić information content (AvgIpc) is 3.00. The zero-order valence-corrected chi connectivity index (χ0v) is 10.7. The van der Waals surface area contributed by atoms with Gasteiger partial charge in [-0.15, -0.1) is 11.3 Å². The first kappa shape index (κ1) is 11.4. The van der Waals surface area contributed by atoms with Gasteiger partial charge >= 0.3 is 5.69 Å². The van der Waals surface area contributed by atoms with E-state index in [2.05, 4.69) is 5.10 Å². The van der Waals surface area contributed by atoms with Gasteiger partial charge in [-0.1, -0.05) is 6.07 Å². The molecule has 3 rings (SSSR count). The molecule has 94 valence electrons. The van der Waals surface area contributed by atoms with Crippen LogP contribution in [0.15, 0.2) is 22.3 Å². The van der Waals surface area contributed by atoms with Crippen molar-refractivity contribution in [1.29, 1.82) is 0 Å². The van der Waals surface area contributed by atoms with Gasteiger partial charge < -0.3 is 0 Å². The number of hydrogen-bond donors (Lipinski definition) is 0. The second kappa shape index (κ2) is 4.53. The summed E-state index contributed by atoms with van der Waals surface area (Å²) in [6.07, 6.45) is 2.90. The number of Topliss-reactive ketones (excluding diaryl/α,β-unsaturated/α-hetero) is 1. The van der Waals surface area contributed by atoms with Crippen molar-refractivity contribution in [2.24, 2.45) is 0 Å². The zero-order valence-electron chi connectivity index (χ0n) is 9.83. The minimum absolute atomic E-state index is 0.0410. The molecule has 6 heteroatoms. The maximum Gasteiger partial charge on any atom is 0.346 e. The topological polar surface area (TPSA) is 56.9 Å². The van der Waals surface area contributed by atoms with Crippen LogP contribution in [-0.4, -0.2) is 20.1 Å². The molecule has 0 N–H and O–H groups in total. The van der Waals surface area contributed by atoms with E-state index in [0.29, 0.717) is 4.88 Å². The lowest BCUT2D eigenvalue weighted by atomic mass is 10.2. The molecule has 0 atom stereocenters. The first-order valence-corrected chi connectivity index (χ1v) is 6.87. The van der Waals surface area contributed by atoms with E-state index in [0.717, 1.165) is 31.6 Å². The molecule has 18 heavy (non-hydrogen) atoms. The van der Waals surface area contributed by atoms with Crippen LogP contribution in [0.5, 0.6) is 0 Å². The third-order valence-electron chi connectivity index (χ3n) is 3.12. The predicted octanol–water partition coefficient (Wildman–Crippen LogP) is 1.33. The summed E-state index contributed by atoms with van der Waals surface area (Å²) >= 11 is 1.39. The number of fused-ring (bicyclic) bond motifs is 1. The fourth-order valence-corrected chi connectivity index (χ4v) is 2.86. The van der Waals surface area contributed by atoms with Gasteiger partial charge in [0.15, 0.2) is 5.78 Å². The lowest BCUT2D eigenvalue weighted by Gasteiger charge is -2.09. The average molecular weight is 263 g/mol. The van der Waals surface area contributed by atoms with E-state index in [1.807, 2.05) is 11.4 Å². The van der Waals surface area contributed by atoms with Gasteiger partial charge in [-0.25, -0.2) is 9.48 Å². The molecule has 0 saturated heterocycles. The number of ketones is 1. The molecule has 0 amide bonds. The third-order valence-corrected chi connectivity index (χ3v) is 4.03. The summed E-state index contributed by atoms with van der Waals surface area (Å²) in [4.78, 5) is 24.6. The van der Waals surface area contributed by atoms with Gasteiger partial charge in [0.1, 0.15) is 12.4 Å². The molecule has 0 aromatic carbocycles. The number of aryl methyl sites for hydroxylation is 1. The quantitative estimate of drug-likeness (QED) is 0.785. The van der Waals surface area contributed by atoms with E-state index in [1.54, 1.807) is 10.6 Å². The van der Waals surface area contributed by atoms with E-state index >= 15 is 0 Å². The van der Waals surface area contributed by atoms with Crippen molar-refractivity contribution >= 4 is 17.1 Å². The number of carbonyl (C=O) groups is 1. The molecule has 0 aliphatic carbocycles. The van der Waals surface area contributed by atoms with Crippen LogP contribution in [0.25, 0.3) is 0 Å². The largest absolute Gasteiger partial charge is 0.346 e. The number of rotatable bonds is 3. The number of thiophene rings is 1. The molecule has 5 nitrogen and oxygen atoms in total. The molecule has 0 saturated carbocycles. The van der Waals surface area contributed by atoms with Gasteiger partial charge in [0, 0.05) is 13.0 Å². The summed E-state index contributed by atoms with van der Waals surface area (Å²) in [5.41, 5.74) is -0.158. The Morgan fingerprint density at radius 2 is 2.33 bits per heavy atom. The molecule has 2 aromatic heterocycles. The van der Waals surface area contributed by atoms with Crippen molar-refractivity contribution in [3.8, 4) is 0 Å². The lowest BCUT2D eigenvalue weighted by molar-refractivity contribution is 0.0970. The molecule has 0 bridgehead atoms. The summed E-state index contributed by atoms with van der Waals surface area (Å²) < 4.78 is 2.98. The van der Waals surface area contributed by atoms with Crippen LogP contribution in [0.3, 0.4) is 0 Å². The molecule has 2 aromatic rings. The SMILES string of the molecule is O=C(Cn1nc2n(c1=O)CCCC2)c1cccs1. The molecule has 1 aliphatic rings. The highest BCUT2D eigenvalue weighted by Gasteiger charge is 2.18. The van der Waals surface area contributed by atoms with Crippen LogP contribution in [-0.2, 0) is 19.5 Å². The molecule has 0 unspecified atom stereocenters. The van der Waals surface area contributed by atoms with Crippen LogP contribution >= 0.6 is 11.3 Å². The van der Waals surface area contributed by atoms with Gasteiger partial charge in [0.05, 0.1) is 4.88 Å². The van der Waals surface area contributed by atoms with Gasteiger partial charge in [0.25, 0.3) is 0 Å². The number of aromatic nitrogens is 3. The van der Waals surface area contributed by atoms with E-state index in [1.165, 1.54) is 16.0 Å². The minimum Gasteiger partial charge on any atom is -0.291 e. The van der Waals surface area contributed by atoms with Crippen LogP contribution in [0, 0.1) is 0 Å². The first-order chi connectivity index (χ1) is 8.75. The van der Waals surface area contributed by atoms with Crippen molar-refractivity contribution in [3.63, 3.8) is 0 Å². The van der Waals surface area contributed by atoms with Gasteiger partial charge in [-0.05, 0) is 24.3 Å². The Labute approximate surface area is 108 Å². The van der Waals surface area contributed by atoms with Crippen molar-refractivity contribution in [1.82, 2.24) is 14.3 Å². The lowest BCUT2D eigenvalue weighted by Crippen LogP contribution is -2.28. The van der Waals surface area contributed by atoms with Crippen molar-refractivity contribution in [3.05, 3.63) is 38.7 Å². The molecule has 1 aliphatic heterocycles. The van der Waals surface area contributed by atoms with E-state index in [4.69, 9.17) is 0 Å². The fourth-order valence-electron chi connectivity index (χ4n) is 2.20. The van der Waals surface area contributed by atoms with Gasteiger partial charge in [-0.3, -0.25) is 9.36 Å². The van der Waals surface area contributed by atoms with Crippen LogP contribution in [0.2, 0.25) is 0 Å². The van der Waals surface area contributed by atoms with Crippen molar-refractivity contribution in [2.45, 2.75) is 32.4 Å². The second-order valence-electron chi connectivity index (χ2n) is 4.37. The Kier molecular flexibility index (Phi) is 2.87. The molecule has 3 heterocycles. The second-order valence-corrected chi connectivity index (χ2v) is 5.31. The van der Waals surface area contributed by atoms with Gasteiger partial charge in [-0.2, -0.15) is 5.10 Å². The maximum atomic E-state index is 12.0. The zero-order chi connectivity index (χ0) is 12.5. The molecule has 0 spiro atoms. The molecule has 0 radical (unpaired) electrons. The molecular weight excluding hydrogens is 250 g/mol. The smallest absolute Gasteiger partial charge is 0.291 e. The Morgan fingerprint density at radius 1 is 1.44 bits per heavy atom. The highest BCUT2D eigenvalue weighted by atomic mass is 32.1. The van der Waals surface area contributed by atoms with Crippen LogP contribution in [0.4, 0.5) is 0 Å². The third kappa shape index (κ3) is 1.92. The Bertz CT molecular complexity index is 624. The van der Waals surface area contributed by atoms with E-state index < -0.39 is 0 Å². The maximum absolute atomic E-state index is 12.0. The number of hydrogen-bond acceptors (Lipinski definition) is 4. The normalized spacial score (nSPS) is 14.4. The number of nitrogens with zero attached hydrogens (tertiary/aromatic N) is 3. The van der Waals surface area contributed by atoms with Crippen LogP contribution < -0.4 is 5.69 Å². The molecular formula is C12H13N3O2S. The highest BCUT2D eigenvalue weighted by molar-refractivity contribution is 7.12. The molecule has 0 fully saturated rings. The highest BCUT2D eigenvalue weighted by Crippen LogP contribution is 2.12. The standard InChI is InChI=1S/C12H13N3O2S/c16-9(10-4-3-7-18-10)8-15-12(17)14-6-2-1-5-11(14)13-15/h3-4,7H,1-2,5-6,8H2. The van der Waals surface area contributed by atoms with E-state index in [-0.39, 0.29) is 18.0 Å².